The maximum atomic E-state index is 14.0. The van der Waals surface area contributed by atoms with E-state index in [-0.39, 0.29) is 11.7 Å². The van der Waals surface area contributed by atoms with Crippen LogP contribution < -0.4 is 9.80 Å². The van der Waals surface area contributed by atoms with Gasteiger partial charge in [0.15, 0.2) is 10.8 Å². The number of hydrogen-bond acceptors (Lipinski definition) is 8. The molecule has 152 valence electrons. The van der Waals surface area contributed by atoms with Crippen molar-refractivity contribution in [2.24, 2.45) is 0 Å². The van der Waals surface area contributed by atoms with E-state index >= 15 is 0 Å². The maximum Gasteiger partial charge on any atom is 0.233 e. The van der Waals surface area contributed by atoms with Gasteiger partial charge in [0.25, 0.3) is 0 Å². The van der Waals surface area contributed by atoms with Crippen LogP contribution in [0.25, 0.3) is 10.3 Å². The zero-order chi connectivity index (χ0) is 20.4. The van der Waals surface area contributed by atoms with Gasteiger partial charge < -0.3 is 14.7 Å². The number of aromatic nitrogens is 3. The fraction of sp³-hybridized carbons (Fsp3) is 0.368. The standard InChI is InChI=1S/C19H21FN6OS2/c1-24(2)19-23-17-16(29-19)18(22-12-21-17)28-11-15(27)26-9-7-25(8-10-26)14-6-4-3-5-13(14)20/h3-6,12H,7-11H2,1-2H3. The average molecular weight is 433 g/mol. The zero-order valence-corrected chi connectivity index (χ0v) is 17.8. The van der Waals surface area contributed by atoms with Gasteiger partial charge in [-0.2, -0.15) is 4.98 Å². The topological polar surface area (TPSA) is 65.5 Å². The molecule has 0 saturated carbocycles. The summed E-state index contributed by atoms with van der Waals surface area (Å²) in [6, 6.07) is 6.76. The molecule has 29 heavy (non-hydrogen) atoms. The number of piperazine rings is 1. The predicted octanol–water partition coefficient (Wildman–Crippen LogP) is 2.73. The lowest BCUT2D eigenvalue weighted by molar-refractivity contribution is -0.128. The second-order valence-corrected chi connectivity index (χ2v) is 8.77. The number of amides is 1. The molecule has 0 radical (unpaired) electrons. The number of hydrogen-bond donors (Lipinski definition) is 0. The molecule has 3 heterocycles. The number of carbonyl (C=O) groups excluding carboxylic acids is 1. The summed E-state index contributed by atoms with van der Waals surface area (Å²) in [4.78, 5) is 31.5. The number of rotatable bonds is 5. The van der Waals surface area contributed by atoms with Gasteiger partial charge in [-0.3, -0.25) is 4.79 Å². The molecular formula is C19H21FN6OS2. The van der Waals surface area contributed by atoms with E-state index < -0.39 is 0 Å². The molecule has 1 saturated heterocycles. The first-order valence-electron chi connectivity index (χ1n) is 9.22. The SMILES string of the molecule is CN(C)c1nc2ncnc(SCC(=O)N3CCN(c4ccccc4F)CC3)c2s1. The summed E-state index contributed by atoms with van der Waals surface area (Å²) in [5.74, 6) is 0.144. The first-order chi connectivity index (χ1) is 14.0. The first kappa shape index (κ1) is 19.8. The van der Waals surface area contributed by atoms with Crippen LogP contribution >= 0.6 is 23.1 Å². The molecule has 1 amide bonds. The van der Waals surface area contributed by atoms with Crippen molar-refractivity contribution in [3.8, 4) is 0 Å². The number of thioether (sulfide) groups is 1. The van der Waals surface area contributed by atoms with E-state index in [1.165, 1.54) is 35.5 Å². The molecule has 0 atom stereocenters. The van der Waals surface area contributed by atoms with Gasteiger partial charge in [0.05, 0.1) is 11.4 Å². The van der Waals surface area contributed by atoms with Gasteiger partial charge in [-0.05, 0) is 12.1 Å². The van der Waals surface area contributed by atoms with E-state index in [2.05, 4.69) is 15.0 Å². The lowest BCUT2D eigenvalue weighted by Crippen LogP contribution is -2.49. The zero-order valence-electron chi connectivity index (χ0n) is 16.2. The molecule has 0 spiro atoms. The molecule has 0 unspecified atom stereocenters. The van der Waals surface area contributed by atoms with Crippen LogP contribution in [0.4, 0.5) is 15.2 Å². The monoisotopic (exact) mass is 432 g/mol. The fourth-order valence-electron chi connectivity index (χ4n) is 3.14. The summed E-state index contributed by atoms with van der Waals surface area (Å²) in [5.41, 5.74) is 1.25. The van der Waals surface area contributed by atoms with E-state index in [9.17, 15) is 9.18 Å². The van der Waals surface area contributed by atoms with Crippen LogP contribution in [-0.4, -0.2) is 71.8 Å². The van der Waals surface area contributed by atoms with Crippen molar-refractivity contribution in [1.82, 2.24) is 19.9 Å². The minimum Gasteiger partial charge on any atom is -0.366 e. The van der Waals surface area contributed by atoms with Crippen LogP contribution in [0, 0.1) is 5.82 Å². The number of anilines is 2. The highest BCUT2D eigenvalue weighted by Gasteiger charge is 2.23. The third kappa shape index (κ3) is 4.27. The number of nitrogens with zero attached hydrogens (tertiary/aromatic N) is 6. The van der Waals surface area contributed by atoms with Crippen LogP contribution in [0.2, 0.25) is 0 Å². The normalized spacial score (nSPS) is 14.4. The highest BCUT2D eigenvalue weighted by molar-refractivity contribution is 8.00. The lowest BCUT2D eigenvalue weighted by Gasteiger charge is -2.36. The molecule has 1 aliphatic rings. The molecule has 0 bridgehead atoms. The molecule has 0 N–H and O–H groups in total. The summed E-state index contributed by atoms with van der Waals surface area (Å²) in [5, 5.41) is 1.64. The quantitative estimate of drug-likeness (QED) is 0.454. The minimum absolute atomic E-state index is 0.0623. The Morgan fingerprint density at radius 3 is 2.69 bits per heavy atom. The Labute approximate surface area is 176 Å². The predicted molar refractivity (Wildman–Crippen MR) is 115 cm³/mol. The summed E-state index contributed by atoms with van der Waals surface area (Å²) in [7, 11) is 3.87. The second-order valence-electron chi connectivity index (χ2n) is 6.83. The first-order valence-corrected chi connectivity index (χ1v) is 11.0. The number of para-hydroxylation sites is 1. The summed E-state index contributed by atoms with van der Waals surface area (Å²) in [6.07, 6.45) is 1.49. The molecule has 1 aliphatic heterocycles. The maximum absolute atomic E-state index is 14.0. The molecule has 0 aliphatic carbocycles. The Kier molecular flexibility index (Phi) is 5.81. The number of carbonyl (C=O) groups is 1. The van der Waals surface area contributed by atoms with Crippen LogP contribution in [0.15, 0.2) is 35.6 Å². The Balaban J connectivity index is 1.36. The van der Waals surface area contributed by atoms with Crippen molar-refractivity contribution in [2.45, 2.75) is 5.03 Å². The third-order valence-corrected chi connectivity index (χ3v) is 7.01. The highest BCUT2D eigenvalue weighted by Crippen LogP contribution is 2.33. The van der Waals surface area contributed by atoms with E-state index in [0.717, 1.165) is 14.9 Å². The van der Waals surface area contributed by atoms with Crippen molar-refractivity contribution >= 4 is 50.2 Å². The minimum atomic E-state index is -0.225. The molecule has 7 nitrogen and oxygen atoms in total. The van der Waals surface area contributed by atoms with Crippen LogP contribution in [-0.2, 0) is 4.79 Å². The Bertz CT molecular complexity index is 1020. The van der Waals surface area contributed by atoms with Gasteiger partial charge in [0.2, 0.25) is 5.91 Å². The van der Waals surface area contributed by atoms with Crippen molar-refractivity contribution in [3.05, 3.63) is 36.4 Å². The van der Waals surface area contributed by atoms with Gasteiger partial charge in [-0.15, -0.1) is 0 Å². The number of thiazole rings is 1. The van der Waals surface area contributed by atoms with Crippen LogP contribution in [0.5, 0.6) is 0 Å². The molecule has 1 aromatic carbocycles. The van der Waals surface area contributed by atoms with Crippen molar-refractivity contribution in [3.63, 3.8) is 0 Å². The molecule has 1 fully saturated rings. The van der Waals surface area contributed by atoms with Crippen LogP contribution in [0.1, 0.15) is 0 Å². The fourth-order valence-corrected chi connectivity index (χ4v) is 5.06. The van der Waals surface area contributed by atoms with Crippen molar-refractivity contribution < 1.29 is 9.18 Å². The lowest BCUT2D eigenvalue weighted by atomic mass is 10.2. The van der Waals surface area contributed by atoms with Gasteiger partial charge >= 0.3 is 0 Å². The van der Waals surface area contributed by atoms with E-state index in [0.29, 0.717) is 43.3 Å². The Morgan fingerprint density at radius 1 is 1.21 bits per heavy atom. The van der Waals surface area contributed by atoms with Crippen molar-refractivity contribution in [1.29, 1.82) is 0 Å². The van der Waals surface area contributed by atoms with E-state index in [4.69, 9.17) is 0 Å². The average Bonchev–Trinajstić information content (AvgIpc) is 3.18. The summed E-state index contributed by atoms with van der Waals surface area (Å²) < 4.78 is 14.9. The highest BCUT2D eigenvalue weighted by atomic mass is 32.2. The Hall–Kier alpha value is -2.46. The molecular weight excluding hydrogens is 411 g/mol. The summed E-state index contributed by atoms with van der Waals surface area (Å²) in [6.45, 7) is 2.41. The molecule has 4 rings (SSSR count). The largest absolute Gasteiger partial charge is 0.366 e. The smallest absolute Gasteiger partial charge is 0.233 e. The van der Waals surface area contributed by atoms with Gasteiger partial charge in [-0.1, -0.05) is 35.2 Å². The van der Waals surface area contributed by atoms with Gasteiger partial charge in [0, 0.05) is 40.3 Å². The number of fused-ring (bicyclic) bond motifs is 1. The van der Waals surface area contributed by atoms with Crippen LogP contribution in [0.3, 0.4) is 0 Å². The Morgan fingerprint density at radius 2 is 1.97 bits per heavy atom. The molecule has 10 heteroatoms. The second kappa shape index (κ2) is 8.50. The molecule has 3 aromatic rings. The van der Waals surface area contributed by atoms with Gasteiger partial charge in [-0.25, -0.2) is 14.4 Å². The third-order valence-electron chi connectivity index (χ3n) is 4.69. The van der Waals surface area contributed by atoms with E-state index in [1.807, 2.05) is 34.9 Å². The van der Waals surface area contributed by atoms with Gasteiger partial charge in [0.1, 0.15) is 21.9 Å². The summed E-state index contributed by atoms with van der Waals surface area (Å²) >= 11 is 2.93. The number of halogens is 1. The molecule has 2 aromatic heterocycles. The van der Waals surface area contributed by atoms with Crippen molar-refractivity contribution in [2.75, 3.05) is 55.8 Å². The van der Waals surface area contributed by atoms with E-state index in [1.54, 1.807) is 12.1 Å². The number of benzene rings is 1.